The first kappa shape index (κ1) is 18.9. The molecule has 0 aromatic carbocycles. The zero-order valence-electron chi connectivity index (χ0n) is 15.4. The summed E-state index contributed by atoms with van der Waals surface area (Å²) in [5, 5.41) is 0.288. The predicted molar refractivity (Wildman–Crippen MR) is 97.8 cm³/mol. The number of amides is 1. The van der Waals surface area contributed by atoms with E-state index >= 15 is 8.78 Å². The zero-order valence-corrected chi connectivity index (χ0v) is 16.1. The minimum atomic E-state index is -1.05. The number of aromatic nitrogens is 2. The second-order valence-electron chi connectivity index (χ2n) is 6.95. The van der Waals surface area contributed by atoms with Gasteiger partial charge in [0.1, 0.15) is 10.8 Å². The van der Waals surface area contributed by atoms with Gasteiger partial charge in [-0.3, -0.25) is 4.79 Å². The molecule has 3 heterocycles. The molecule has 1 fully saturated rings. The van der Waals surface area contributed by atoms with E-state index in [9.17, 15) is 4.79 Å². The molecule has 0 atom stereocenters. The van der Waals surface area contributed by atoms with Gasteiger partial charge in [0.25, 0.3) is 11.8 Å². The maximum atomic E-state index is 15.0. The van der Waals surface area contributed by atoms with Crippen molar-refractivity contribution >= 4 is 23.2 Å². The van der Waals surface area contributed by atoms with Gasteiger partial charge in [0.05, 0.1) is 26.2 Å². The van der Waals surface area contributed by atoms with Crippen molar-refractivity contribution in [2.45, 2.75) is 37.6 Å². The molecule has 28 heavy (non-hydrogen) atoms. The first-order valence-electron chi connectivity index (χ1n) is 8.86. The van der Waals surface area contributed by atoms with E-state index in [-0.39, 0.29) is 17.6 Å². The second kappa shape index (κ2) is 6.84. The van der Waals surface area contributed by atoms with Gasteiger partial charge in [-0.05, 0) is 30.0 Å². The molecule has 148 valence electrons. The lowest BCUT2D eigenvalue weighted by Crippen LogP contribution is -2.50. The molecule has 2 aliphatic rings. The van der Waals surface area contributed by atoms with Crippen LogP contribution in [0.25, 0.3) is 0 Å². The van der Waals surface area contributed by atoms with Crippen LogP contribution in [0, 0.1) is 11.6 Å². The van der Waals surface area contributed by atoms with Crippen molar-refractivity contribution in [2.75, 3.05) is 19.1 Å². The van der Waals surface area contributed by atoms with Crippen LogP contribution in [0.1, 0.15) is 36.8 Å². The number of carbonyl (C=O) groups excluding carboxylic acids is 1. The van der Waals surface area contributed by atoms with Crippen molar-refractivity contribution in [1.29, 1.82) is 0 Å². The van der Waals surface area contributed by atoms with Crippen molar-refractivity contribution in [3.63, 3.8) is 0 Å². The van der Waals surface area contributed by atoms with Crippen molar-refractivity contribution in [3.05, 3.63) is 40.2 Å². The normalized spacial score (nSPS) is 17.8. The molecule has 2 aromatic rings. The number of hydrogen-bond acceptors (Lipinski definition) is 5. The molecular formula is C19H18ClF2N3O3. The molecule has 0 saturated heterocycles. The highest BCUT2D eigenvalue weighted by atomic mass is 35.5. The Morgan fingerprint density at radius 3 is 2.32 bits per heavy atom. The molecular weight excluding hydrogens is 392 g/mol. The molecule has 1 aliphatic heterocycles. The molecule has 1 aliphatic carbocycles. The Bertz CT molecular complexity index is 936. The number of pyridine rings is 2. The smallest absolute Gasteiger partial charge is 0.255 e. The maximum absolute atomic E-state index is 15.0. The average Bonchev–Trinajstić information content (AvgIpc) is 3.17. The first-order chi connectivity index (χ1) is 13.4. The summed E-state index contributed by atoms with van der Waals surface area (Å²) >= 11 is 6.07. The van der Waals surface area contributed by atoms with Gasteiger partial charge in [0, 0.05) is 6.20 Å². The van der Waals surface area contributed by atoms with Crippen LogP contribution in [-0.2, 0) is 16.8 Å². The van der Waals surface area contributed by atoms with Crippen LogP contribution in [0.15, 0.2) is 12.3 Å². The third kappa shape index (κ3) is 2.62. The number of halogens is 3. The standard InChI is InChI=1S/C19H18ClF2N3O3/c1-27-16-13(21)15(14(22)17(24-16)28-2)25-9-10-8-23-12(20)7-11(10)19(18(25)26)5-3-4-6-19/h7-8H,3-6,9H2,1-2H3. The highest BCUT2D eigenvalue weighted by molar-refractivity contribution is 6.29. The minimum absolute atomic E-state index is 0.0375. The number of methoxy groups -OCH3 is 2. The highest BCUT2D eigenvalue weighted by Crippen LogP contribution is 2.49. The van der Waals surface area contributed by atoms with Crippen LogP contribution in [0.5, 0.6) is 11.8 Å². The van der Waals surface area contributed by atoms with Crippen LogP contribution in [-0.4, -0.2) is 30.1 Å². The van der Waals surface area contributed by atoms with Crippen molar-refractivity contribution in [2.24, 2.45) is 0 Å². The van der Waals surface area contributed by atoms with Gasteiger partial charge in [0.15, 0.2) is 0 Å². The third-order valence-electron chi connectivity index (χ3n) is 5.56. The van der Waals surface area contributed by atoms with E-state index in [4.69, 9.17) is 21.1 Å². The Morgan fingerprint density at radius 2 is 1.75 bits per heavy atom. The van der Waals surface area contributed by atoms with E-state index in [1.165, 1.54) is 14.2 Å². The van der Waals surface area contributed by atoms with Crippen LogP contribution in [0.2, 0.25) is 5.15 Å². The summed E-state index contributed by atoms with van der Waals surface area (Å²) in [6.45, 7) is -0.0375. The molecule has 0 radical (unpaired) electrons. The summed E-state index contributed by atoms with van der Waals surface area (Å²) in [7, 11) is 2.43. The fraction of sp³-hybridized carbons (Fsp3) is 0.421. The number of nitrogens with zero attached hydrogens (tertiary/aromatic N) is 3. The van der Waals surface area contributed by atoms with Gasteiger partial charge in [-0.2, -0.15) is 13.8 Å². The minimum Gasteiger partial charge on any atom is -0.479 e. The van der Waals surface area contributed by atoms with Crippen LogP contribution in [0.3, 0.4) is 0 Å². The molecule has 0 N–H and O–H groups in total. The summed E-state index contributed by atoms with van der Waals surface area (Å²) in [6.07, 6.45) is 4.40. The van der Waals surface area contributed by atoms with Gasteiger partial charge < -0.3 is 14.4 Å². The monoisotopic (exact) mass is 409 g/mol. The molecule has 9 heteroatoms. The topological polar surface area (TPSA) is 64.6 Å². The van der Waals surface area contributed by atoms with Gasteiger partial charge in [-0.1, -0.05) is 24.4 Å². The quantitative estimate of drug-likeness (QED) is 0.722. The molecule has 4 rings (SSSR count). The van der Waals surface area contributed by atoms with Crippen LogP contribution < -0.4 is 14.4 Å². The number of rotatable bonds is 3. The third-order valence-corrected chi connectivity index (χ3v) is 5.77. The van der Waals surface area contributed by atoms with Crippen molar-refractivity contribution in [3.8, 4) is 11.8 Å². The fourth-order valence-electron chi connectivity index (χ4n) is 4.28. The number of hydrogen-bond donors (Lipinski definition) is 0. The van der Waals surface area contributed by atoms with Crippen LogP contribution >= 0.6 is 11.6 Å². The lowest BCUT2D eigenvalue weighted by molar-refractivity contribution is -0.124. The van der Waals surface area contributed by atoms with E-state index in [2.05, 4.69) is 9.97 Å². The summed E-state index contributed by atoms with van der Waals surface area (Å²) in [4.78, 5) is 22.4. The second-order valence-corrected chi connectivity index (χ2v) is 7.34. The van der Waals surface area contributed by atoms with Gasteiger partial charge in [-0.15, -0.1) is 0 Å². The van der Waals surface area contributed by atoms with Gasteiger partial charge >= 0.3 is 0 Å². The van der Waals surface area contributed by atoms with Gasteiger partial charge in [-0.25, -0.2) is 4.98 Å². The molecule has 2 aromatic heterocycles. The van der Waals surface area contributed by atoms with E-state index in [0.29, 0.717) is 18.4 Å². The summed E-state index contributed by atoms with van der Waals surface area (Å²) < 4.78 is 39.8. The average molecular weight is 410 g/mol. The summed E-state index contributed by atoms with van der Waals surface area (Å²) in [5.74, 6) is -3.35. The number of ether oxygens (including phenoxy) is 2. The molecule has 0 bridgehead atoms. The molecule has 1 saturated carbocycles. The lowest BCUT2D eigenvalue weighted by Gasteiger charge is -2.41. The largest absolute Gasteiger partial charge is 0.479 e. The van der Waals surface area contributed by atoms with E-state index in [1.54, 1.807) is 12.3 Å². The predicted octanol–water partition coefficient (Wildman–Crippen LogP) is 3.78. The summed E-state index contributed by atoms with van der Waals surface area (Å²) in [6, 6.07) is 1.69. The Labute approximate surface area is 165 Å². The zero-order chi connectivity index (χ0) is 20.1. The Morgan fingerprint density at radius 1 is 1.14 bits per heavy atom. The number of anilines is 1. The SMILES string of the molecule is COc1nc(OC)c(F)c(N2Cc3cnc(Cl)cc3C3(CCCC3)C2=O)c1F. The van der Waals surface area contributed by atoms with E-state index in [1.807, 2.05) is 0 Å². The molecule has 1 spiro atoms. The molecule has 1 amide bonds. The van der Waals surface area contributed by atoms with Crippen LogP contribution in [0.4, 0.5) is 14.5 Å². The maximum Gasteiger partial charge on any atom is 0.255 e. The fourth-order valence-corrected chi connectivity index (χ4v) is 4.44. The Hall–Kier alpha value is -2.48. The number of fused-ring (bicyclic) bond motifs is 2. The van der Waals surface area contributed by atoms with Crippen molar-refractivity contribution < 1.29 is 23.0 Å². The van der Waals surface area contributed by atoms with Crippen molar-refractivity contribution in [1.82, 2.24) is 9.97 Å². The Kier molecular flexibility index (Phi) is 4.61. The lowest BCUT2D eigenvalue weighted by atomic mass is 9.73. The molecule has 6 nitrogen and oxygen atoms in total. The molecule has 0 unspecified atom stereocenters. The highest BCUT2D eigenvalue weighted by Gasteiger charge is 2.51. The first-order valence-corrected chi connectivity index (χ1v) is 9.24. The summed E-state index contributed by atoms with van der Waals surface area (Å²) in [5.41, 5.74) is 0.100. The number of carbonyl (C=O) groups is 1. The van der Waals surface area contributed by atoms with E-state index < -0.39 is 34.5 Å². The van der Waals surface area contributed by atoms with Gasteiger partial charge in [0.2, 0.25) is 17.5 Å². The van der Waals surface area contributed by atoms with E-state index in [0.717, 1.165) is 23.3 Å². The Balaban J connectivity index is 1.93.